The molecule has 0 amide bonds. The van der Waals surface area contributed by atoms with Crippen molar-refractivity contribution < 1.29 is 0 Å². The van der Waals surface area contributed by atoms with Gasteiger partial charge in [-0.1, -0.05) is 73.2 Å². The molecular formula is C24H24N2. The molecule has 1 N–H and O–H groups in total. The third-order valence-electron chi connectivity index (χ3n) is 5.70. The molecule has 2 aromatic rings. The number of nitrogens with zero attached hydrogens (tertiary/aromatic N) is 1. The Morgan fingerprint density at radius 3 is 2.23 bits per heavy atom. The van der Waals surface area contributed by atoms with E-state index >= 15 is 0 Å². The Hall–Kier alpha value is -2.63. The van der Waals surface area contributed by atoms with E-state index in [-0.39, 0.29) is 11.8 Å². The summed E-state index contributed by atoms with van der Waals surface area (Å²) in [4.78, 5) is 0. The van der Waals surface area contributed by atoms with Crippen molar-refractivity contribution in [2.24, 2.45) is 11.8 Å². The van der Waals surface area contributed by atoms with Gasteiger partial charge in [-0.2, -0.15) is 5.26 Å². The van der Waals surface area contributed by atoms with E-state index < -0.39 is 0 Å². The minimum absolute atomic E-state index is 0.0563. The summed E-state index contributed by atoms with van der Waals surface area (Å²) in [5.41, 5.74) is 7.90. The van der Waals surface area contributed by atoms with Gasteiger partial charge >= 0.3 is 0 Å². The summed E-state index contributed by atoms with van der Waals surface area (Å²) in [6, 6.07) is 19.9. The Morgan fingerprint density at radius 1 is 1.04 bits per heavy atom. The number of hydrogen-bond donors (Lipinski definition) is 1. The van der Waals surface area contributed by atoms with E-state index in [0.29, 0.717) is 0 Å². The highest BCUT2D eigenvalue weighted by atomic mass is 14.9. The zero-order valence-corrected chi connectivity index (χ0v) is 15.2. The molecule has 2 atom stereocenters. The third kappa shape index (κ3) is 2.89. The molecule has 1 saturated heterocycles. The van der Waals surface area contributed by atoms with Crippen molar-refractivity contribution in [2.45, 2.75) is 19.8 Å². The van der Waals surface area contributed by atoms with Crippen LogP contribution in [0.2, 0.25) is 0 Å². The molecular weight excluding hydrogens is 316 g/mol. The lowest BCUT2D eigenvalue weighted by atomic mass is 9.76. The van der Waals surface area contributed by atoms with E-state index in [1.165, 1.54) is 33.4 Å². The van der Waals surface area contributed by atoms with E-state index in [4.69, 9.17) is 0 Å². The minimum Gasteiger partial charge on any atom is -0.316 e. The first-order valence-corrected chi connectivity index (χ1v) is 9.53. The first-order valence-electron chi connectivity index (χ1n) is 9.53. The summed E-state index contributed by atoms with van der Waals surface area (Å²) in [6.45, 7) is 4.00. The second-order valence-electron chi connectivity index (χ2n) is 7.11. The topological polar surface area (TPSA) is 35.8 Å². The van der Waals surface area contributed by atoms with Crippen LogP contribution in [0.3, 0.4) is 0 Å². The Bertz CT molecular complexity index is 862. The van der Waals surface area contributed by atoms with Gasteiger partial charge in [-0.25, -0.2) is 0 Å². The fourth-order valence-electron chi connectivity index (χ4n) is 4.36. The Morgan fingerprint density at radius 2 is 1.65 bits per heavy atom. The predicted octanol–water partition coefficient (Wildman–Crippen LogP) is 5.13. The molecule has 2 unspecified atom stereocenters. The predicted molar refractivity (Wildman–Crippen MR) is 108 cm³/mol. The highest BCUT2D eigenvalue weighted by Gasteiger charge is 2.30. The number of fused-ring (bicyclic) bond motifs is 2. The lowest BCUT2D eigenvalue weighted by Crippen LogP contribution is -2.36. The molecule has 1 aliphatic heterocycles. The summed E-state index contributed by atoms with van der Waals surface area (Å²) in [6.07, 6.45) is 6.33. The molecule has 2 heteroatoms. The van der Waals surface area contributed by atoms with Crippen molar-refractivity contribution in [1.82, 2.24) is 5.32 Å². The molecule has 4 rings (SSSR count). The number of nitrogens with one attached hydrogen (secondary N) is 1. The fourth-order valence-corrected chi connectivity index (χ4v) is 4.36. The first-order chi connectivity index (χ1) is 12.8. The molecule has 0 aromatic heterocycles. The maximum atomic E-state index is 9.73. The standard InChI is InChI=1S/C24H24N2/c1-2-17(15-25)23-16-26-14-13-22(23)24-20-9-5-3-7-18(20)11-12-19-8-4-6-10-21(19)24/h3-12,17,23,26H,2,13-14,16H2,1H3. The van der Waals surface area contributed by atoms with E-state index in [1.807, 2.05) is 0 Å². The van der Waals surface area contributed by atoms with Crippen LogP contribution in [-0.2, 0) is 0 Å². The minimum atomic E-state index is 0.0563. The largest absolute Gasteiger partial charge is 0.316 e. The van der Waals surface area contributed by atoms with Gasteiger partial charge in [-0.3, -0.25) is 0 Å². The van der Waals surface area contributed by atoms with Crippen LogP contribution in [0.4, 0.5) is 0 Å². The number of nitriles is 1. The Labute approximate surface area is 155 Å². The van der Waals surface area contributed by atoms with Crippen molar-refractivity contribution >= 4 is 17.7 Å². The van der Waals surface area contributed by atoms with Gasteiger partial charge in [0.25, 0.3) is 0 Å². The van der Waals surface area contributed by atoms with Crippen LogP contribution in [0.25, 0.3) is 17.7 Å². The molecule has 1 heterocycles. The molecule has 0 bridgehead atoms. The van der Waals surface area contributed by atoms with Crippen molar-refractivity contribution in [3.8, 4) is 6.07 Å². The monoisotopic (exact) mass is 340 g/mol. The van der Waals surface area contributed by atoms with Crippen LogP contribution in [0.15, 0.2) is 54.1 Å². The van der Waals surface area contributed by atoms with Crippen molar-refractivity contribution in [2.75, 3.05) is 13.1 Å². The normalized spacial score (nSPS) is 19.9. The van der Waals surface area contributed by atoms with Gasteiger partial charge in [0.15, 0.2) is 0 Å². The summed E-state index contributed by atoms with van der Waals surface area (Å²) in [7, 11) is 0. The maximum absolute atomic E-state index is 9.73. The van der Waals surface area contributed by atoms with Gasteiger partial charge in [-0.05, 0) is 47.2 Å². The van der Waals surface area contributed by atoms with Crippen LogP contribution < -0.4 is 5.32 Å². The van der Waals surface area contributed by atoms with Gasteiger partial charge in [0.2, 0.25) is 0 Å². The zero-order valence-electron chi connectivity index (χ0n) is 15.2. The van der Waals surface area contributed by atoms with E-state index in [2.05, 4.69) is 79.0 Å². The maximum Gasteiger partial charge on any atom is 0.0662 e. The van der Waals surface area contributed by atoms with Gasteiger partial charge < -0.3 is 5.32 Å². The lowest BCUT2D eigenvalue weighted by Gasteiger charge is -2.32. The van der Waals surface area contributed by atoms with Gasteiger partial charge in [-0.15, -0.1) is 0 Å². The molecule has 0 spiro atoms. The molecule has 2 aliphatic rings. The average Bonchev–Trinajstić information content (AvgIpc) is 2.86. The summed E-state index contributed by atoms with van der Waals surface area (Å²) in [5, 5.41) is 13.2. The molecule has 26 heavy (non-hydrogen) atoms. The molecule has 1 fully saturated rings. The average molecular weight is 340 g/mol. The van der Waals surface area contributed by atoms with Crippen LogP contribution in [-0.4, -0.2) is 13.1 Å². The molecule has 2 nitrogen and oxygen atoms in total. The smallest absolute Gasteiger partial charge is 0.0662 e. The molecule has 130 valence electrons. The van der Waals surface area contributed by atoms with Gasteiger partial charge in [0.1, 0.15) is 0 Å². The number of piperidine rings is 1. The summed E-state index contributed by atoms with van der Waals surface area (Å²) >= 11 is 0. The number of hydrogen-bond acceptors (Lipinski definition) is 2. The fraction of sp³-hybridized carbons (Fsp3) is 0.292. The van der Waals surface area contributed by atoms with Crippen LogP contribution in [0.1, 0.15) is 42.0 Å². The van der Waals surface area contributed by atoms with Crippen molar-refractivity contribution in [3.63, 3.8) is 0 Å². The van der Waals surface area contributed by atoms with Gasteiger partial charge in [0.05, 0.1) is 12.0 Å². The summed E-state index contributed by atoms with van der Waals surface area (Å²) in [5.74, 6) is 0.328. The molecule has 0 radical (unpaired) electrons. The Kier molecular flexibility index (Phi) is 4.73. The highest BCUT2D eigenvalue weighted by molar-refractivity contribution is 5.95. The molecule has 2 aromatic carbocycles. The summed E-state index contributed by atoms with van der Waals surface area (Å²) < 4.78 is 0. The van der Waals surface area contributed by atoms with Crippen molar-refractivity contribution in [3.05, 3.63) is 76.4 Å². The zero-order chi connectivity index (χ0) is 17.9. The van der Waals surface area contributed by atoms with Crippen LogP contribution in [0, 0.1) is 23.2 Å². The molecule has 1 aliphatic carbocycles. The van der Waals surface area contributed by atoms with E-state index in [9.17, 15) is 5.26 Å². The SMILES string of the molecule is CCC(C#N)C1CNCCC1=C1c2ccccc2C=Cc2ccccc21. The number of rotatable bonds is 2. The highest BCUT2D eigenvalue weighted by Crippen LogP contribution is 2.41. The van der Waals surface area contributed by atoms with Gasteiger partial charge in [0, 0.05) is 12.5 Å². The van der Waals surface area contributed by atoms with E-state index in [0.717, 1.165) is 25.9 Å². The second-order valence-corrected chi connectivity index (χ2v) is 7.11. The first kappa shape index (κ1) is 16.8. The third-order valence-corrected chi connectivity index (χ3v) is 5.70. The van der Waals surface area contributed by atoms with Crippen molar-refractivity contribution in [1.29, 1.82) is 5.26 Å². The quantitative estimate of drug-likeness (QED) is 0.702. The Balaban J connectivity index is 2.00. The van der Waals surface area contributed by atoms with Crippen LogP contribution in [0.5, 0.6) is 0 Å². The second kappa shape index (κ2) is 7.32. The molecule has 0 saturated carbocycles. The number of benzene rings is 2. The lowest BCUT2D eigenvalue weighted by molar-refractivity contribution is 0.381. The van der Waals surface area contributed by atoms with Crippen LogP contribution >= 0.6 is 0 Å². The van der Waals surface area contributed by atoms with E-state index in [1.54, 1.807) is 0 Å².